The SMILES string of the molecule is [CH2][CH]CNC(=O)c1c(I)c(NC=O)c(I)c(C(=O)NCCOC=O)c1I. The highest BCUT2D eigenvalue weighted by molar-refractivity contribution is 14.1. The van der Waals surface area contributed by atoms with Gasteiger partial charge in [-0.3, -0.25) is 19.2 Å². The van der Waals surface area contributed by atoms with E-state index in [0.29, 0.717) is 29.3 Å². The van der Waals surface area contributed by atoms with Crippen LogP contribution in [-0.4, -0.2) is 44.4 Å². The van der Waals surface area contributed by atoms with Crippen LogP contribution in [0.25, 0.3) is 0 Å². The van der Waals surface area contributed by atoms with Crippen molar-refractivity contribution in [2.45, 2.75) is 0 Å². The van der Waals surface area contributed by atoms with Crippen LogP contribution >= 0.6 is 67.8 Å². The molecule has 0 heterocycles. The van der Waals surface area contributed by atoms with Gasteiger partial charge in [-0.05, 0) is 81.1 Å². The summed E-state index contributed by atoms with van der Waals surface area (Å²) < 4.78 is 6.00. The van der Waals surface area contributed by atoms with Crippen molar-refractivity contribution < 1.29 is 23.9 Å². The molecule has 1 aromatic rings. The van der Waals surface area contributed by atoms with Crippen molar-refractivity contribution in [3.8, 4) is 0 Å². The van der Waals surface area contributed by atoms with Gasteiger partial charge in [-0.15, -0.1) is 0 Å². The fourth-order valence-electron chi connectivity index (χ4n) is 1.86. The molecule has 2 radical (unpaired) electrons. The number of halogens is 3. The molecule has 11 heteroatoms. The minimum atomic E-state index is -0.448. The van der Waals surface area contributed by atoms with Crippen LogP contribution in [0.3, 0.4) is 0 Å². The standard InChI is InChI=1S/C15H14I3N3O5/c1-2-3-19-14(24)8-10(16)9(15(25)20-4-5-26-7-23)12(18)13(11(8)17)21-6-22/h2,6-7H,1,3-5H2,(H,19,24)(H,20,25)(H,21,22). The molecule has 0 atom stereocenters. The fraction of sp³-hybridized carbons (Fsp3) is 0.200. The first-order valence-corrected chi connectivity index (χ1v) is 10.3. The molecule has 1 aromatic carbocycles. The molecule has 0 unspecified atom stereocenters. The maximum atomic E-state index is 12.6. The molecule has 0 saturated heterocycles. The van der Waals surface area contributed by atoms with E-state index < -0.39 is 5.91 Å². The largest absolute Gasteiger partial charge is 0.466 e. The molecule has 140 valence electrons. The molecule has 1 rings (SSSR count). The zero-order valence-electron chi connectivity index (χ0n) is 13.2. The number of benzene rings is 1. The first kappa shape index (κ1) is 23.3. The van der Waals surface area contributed by atoms with E-state index in [1.807, 2.05) is 67.8 Å². The third kappa shape index (κ3) is 5.90. The molecular weight excluding hydrogens is 683 g/mol. The van der Waals surface area contributed by atoms with E-state index in [0.717, 1.165) is 0 Å². The zero-order valence-corrected chi connectivity index (χ0v) is 19.7. The first-order chi connectivity index (χ1) is 12.4. The monoisotopic (exact) mass is 697 g/mol. The third-order valence-electron chi connectivity index (χ3n) is 2.95. The van der Waals surface area contributed by atoms with Crippen LogP contribution in [0.1, 0.15) is 20.7 Å². The minimum absolute atomic E-state index is 0.0267. The molecule has 0 aliphatic rings. The smallest absolute Gasteiger partial charge is 0.293 e. The third-order valence-corrected chi connectivity index (χ3v) is 6.19. The molecule has 0 bridgehead atoms. The maximum absolute atomic E-state index is 12.6. The highest BCUT2D eigenvalue weighted by atomic mass is 127. The van der Waals surface area contributed by atoms with E-state index in [-0.39, 0.29) is 36.7 Å². The van der Waals surface area contributed by atoms with Crippen molar-refractivity contribution >= 4 is 98.2 Å². The molecule has 0 aliphatic carbocycles. The topological polar surface area (TPSA) is 114 Å². The van der Waals surface area contributed by atoms with Crippen LogP contribution in [0.2, 0.25) is 0 Å². The number of carbonyl (C=O) groups excluding carboxylic acids is 4. The Morgan fingerprint density at radius 1 is 1.00 bits per heavy atom. The van der Waals surface area contributed by atoms with Crippen molar-refractivity contribution in [3.05, 3.63) is 35.2 Å². The molecule has 0 fully saturated rings. The number of rotatable bonds is 10. The lowest BCUT2D eigenvalue weighted by Crippen LogP contribution is -2.32. The first-order valence-electron chi connectivity index (χ1n) is 7.03. The minimum Gasteiger partial charge on any atom is -0.466 e. The van der Waals surface area contributed by atoms with Crippen molar-refractivity contribution in [1.82, 2.24) is 10.6 Å². The number of nitrogens with one attached hydrogen (secondary N) is 3. The molecule has 0 aliphatic heterocycles. The quantitative estimate of drug-likeness (QED) is 0.196. The summed E-state index contributed by atoms with van der Waals surface area (Å²) in [5.74, 6) is -0.834. The Kier molecular flexibility index (Phi) is 10.7. The second-order valence-corrected chi connectivity index (χ2v) is 7.79. The molecule has 0 spiro atoms. The molecule has 8 nitrogen and oxygen atoms in total. The van der Waals surface area contributed by atoms with Gasteiger partial charge in [0.25, 0.3) is 18.3 Å². The predicted molar refractivity (Wildman–Crippen MR) is 121 cm³/mol. The summed E-state index contributed by atoms with van der Waals surface area (Å²) in [6, 6.07) is 0. The number of anilines is 1. The van der Waals surface area contributed by atoms with E-state index in [1.165, 1.54) is 6.42 Å². The lowest BCUT2D eigenvalue weighted by Gasteiger charge is -2.18. The number of amides is 3. The Labute approximate surface area is 191 Å². The van der Waals surface area contributed by atoms with Gasteiger partial charge in [0.1, 0.15) is 6.61 Å². The number of hydrogen-bond acceptors (Lipinski definition) is 5. The van der Waals surface area contributed by atoms with Crippen LogP contribution < -0.4 is 16.0 Å². The Morgan fingerprint density at radius 2 is 1.58 bits per heavy atom. The van der Waals surface area contributed by atoms with Gasteiger partial charge in [0.05, 0.1) is 30.5 Å². The summed E-state index contributed by atoms with van der Waals surface area (Å²) in [6.45, 7) is 4.24. The van der Waals surface area contributed by atoms with Crippen LogP contribution in [0, 0.1) is 24.1 Å². The lowest BCUT2D eigenvalue weighted by atomic mass is 10.1. The molecule has 0 aromatic heterocycles. The Balaban J connectivity index is 3.37. The number of ether oxygens (including phenoxy) is 1. The second-order valence-electron chi connectivity index (χ2n) is 4.55. The summed E-state index contributed by atoms with van der Waals surface area (Å²) in [5.41, 5.74) is 0.914. The molecular formula is C15H14I3N3O5. The van der Waals surface area contributed by atoms with Gasteiger partial charge in [0.2, 0.25) is 6.41 Å². The number of hydrogen-bond donors (Lipinski definition) is 3. The lowest BCUT2D eigenvalue weighted by molar-refractivity contribution is -0.128. The van der Waals surface area contributed by atoms with Crippen molar-refractivity contribution in [2.75, 3.05) is 25.0 Å². The fourth-order valence-corrected chi connectivity index (χ4v) is 6.32. The Morgan fingerprint density at radius 3 is 2.08 bits per heavy atom. The van der Waals surface area contributed by atoms with Crippen LogP contribution in [0.4, 0.5) is 5.69 Å². The van der Waals surface area contributed by atoms with Gasteiger partial charge in [-0.2, -0.15) is 0 Å². The highest BCUT2D eigenvalue weighted by Gasteiger charge is 2.27. The van der Waals surface area contributed by atoms with Crippen molar-refractivity contribution in [3.63, 3.8) is 0 Å². The number of carbonyl (C=O) groups is 4. The summed E-state index contributed by atoms with van der Waals surface area (Å²) in [4.78, 5) is 46.2. The maximum Gasteiger partial charge on any atom is 0.293 e. The van der Waals surface area contributed by atoms with Gasteiger partial charge < -0.3 is 20.7 Å². The normalized spacial score (nSPS) is 10.0. The average molecular weight is 697 g/mol. The molecule has 3 N–H and O–H groups in total. The van der Waals surface area contributed by atoms with E-state index in [2.05, 4.69) is 27.6 Å². The van der Waals surface area contributed by atoms with Crippen molar-refractivity contribution in [1.29, 1.82) is 0 Å². The van der Waals surface area contributed by atoms with E-state index >= 15 is 0 Å². The Hall–Kier alpha value is -0.710. The highest BCUT2D eigenvalue weighted by Crippen LogP contribution is 2.35. The summed E-state index contributed by atoms with van der Waals surface area (Å²) in [5, 5.41) is 7.83. The zero-order chi connectivity index (χ0) is 19.7. The van der Waals surface area contributed by atoms with Crippen LogP contribution in [-0.2, 0) is 14.3 Å². The molecule has 26 heavy (non-hydrogen) atoms. The molecule has 0 saturated carbocycles. The van der Waals surface area contributed by atoms with Gasteiger partial charge in [-0.1, -0.05) is 0 Å². The van der Waals surface area contributed by atoms with E-state index in [1.54, 1.807) is 0 Å². The van der Waals surface area contributed by atoms with Crippen LogP contribution in [0.15, 0.2) is 0 Å². The summed E-state index contributed by atoms with van der Waals surface area (Å²) >= 11 is 5.82. The van der Waals surface area contributed by atoms with Gasteiger partial charge in [-0.25, -0.2) is 0 Å². The molecule has 3 amide bonds. The summed E-state index contributed by atoms with van der Waals surface area (Å²) in [7, 11) is 0. The summed E-state index contributed by atoms with van der Waals surface area (Å²) in [6.07, 6.45) is 2.02. The Bertz CT molecular complexity index is 713. The second kappa shape index (κ2) is 11.9. The van der Waals surface area contributed by atoms with Crippen LogP contribution in [0.5, 0.6) is 0 Å². The van der Waals surface area contributed by atoms with E-state index in [9.17, 15) is 19.2 Å². The van der Waals surface area contributed by atoms with Gasteiger partial charge in [0.15, 0.2) is 0 Å². The van der Waals surface area contributed by atoms with Crippen molar-refractivity contribution in [2.24, 2.45) is 0 Å². The van der Waals surface area contributed by atoms with Gasteiger partial charge in [0, 0.05) is 10.1 Å². The van der Waals surface area contributed by atoms with E-state index in [4.69, 9.17) is 0 Å². The predicted octanol–water partition coefficient (Wildman–Crippen LogP) is 1.74. The average Bonchev–Trinajstić information content (AvgIpc) is 2.60. The van der Waals surface area contributed by atoms with Gasteiger partial charge >= 0.3 is 0 Å².